The van der Waals surface area contributed by atoms with Crippen molar-refractivity contribution in [1.82, 2.24) is 9.97 Å². The van der Waals surface area contributed by atoms with Gasteiger partial charge in [0.1, 0.15) is 0 Å². The molecule has 5 heteroatoms. The van der Waals surface area contributed by atoms with Crippen molar-refractivity contribution < 1.29 is 9.59 Å². The molecule has 0 saturated heterocycles. The van der Waals surface area contributed by atoms with Gasteiger partial charge in [0.2, 0.25) is 0 Å². The predicted octanol–water partition coefficient (Wildman–Crippen LogP) is 3.00. The lowest BCUT2D eigenvalue weighted by Gasteiger charge is -2.17. The highest BCUT2D eigenvalue weighted by Gasteiger charge is 2.31. The molecule has 96 valence electrons. The zero-order chi connectivity index (χ0) is 13.9. The number of nitrogens with one attached hydrogen (secondary N) is 2. The van der Waals surface area contributed by atoms with Crippen LogP contribution in [0.15, 0.2) is 36.4 Å². The van der Waals surface area contributed by atoms with E-state index in [9.17, 15) is 9.59 Å². The molecule has 2 aromatic carbocycles. The highest BCUT2D eigenvalue weighted by molar-refractivity contribution is 7.71. The normalized spacial score (nSPS) is 13.4. The van der Waals surface area contributed by atoms with Crippen LogP contribution >= 0.6 is 12.2 Å². The number of hydrogen-bond donors (Lipinski definition) is 2. The number of imidazole rings is 1. The number of carbonyl (C=O) groups is 2. The molecule has 0 radical (unpaired) electrons. The summed E-state index contributed by atoms with van der Waals surface area (Å²) in [4.78, 5) is 31.1. The van der Waals surface area contributed by atoms with Gasteiger partial charge in [0.05, 0.1) is 16.6 Å². The molecule has 0 saturated carbocycles. The molecule has 0 unspecified atom stereocenters. The van der Waals surface area contributed by atoms with Gasteiger partial charge < -0.3 is 9.97 Å². The van der Waals surface area contributed by atoms with Gasteiger partial charge >= 0.3 is 0 Å². The van der Waals surface area contributed by atoms with Crippen LogP contribution in [0.4, 0.5) is 0 Å². The first-order valence-electron chi connectivity index (χ1n) is 6.10. The molecule has 0 fully saturated rings. The van der Waals surface area contributed by atoms with Gasteiger partial charge in [-0.3, -0.25) is 9.59 Å². The number of fused-ring (bicyclic) bond motifs is 4. The molecule has 1 aromatic heterocycles. The van der Waals surface area contributed by atoms with Crippen LogP contribution in [0.5, 0.6) is 0 Å². The average molecular weight is 280 g/mol. The number of aromatic nitrogens is 2. The lowest BCUT2D eigenvalue weighted by atomic mass is 9.83. The lowest BCUT2D eigenvalue weighted by molar-refractivity contribution is 0.0980. The minimum atomic E-state index is -0.147. The molecule has 0 amide bonds. The second kappa shape index (κ2) is 3.74. The van der Waals surface area contributed by atoms with Crippen LogP contribution in [0.25, 0.3) is 11.0 Å². The molecule has 0 bridgehead atoms. The fourth-order valence-electron chi connectivity index (χ4n) is 2.69. The van der Waals surface area contributed by atoms with Crippen LogP contribution in [0.3, 0.4) is 0 Å². The van der Waals surface area contributed by atoms with Gasteiger partial charge in [-0.2, -0.15) is 0 Å². The third kappa shape index (κ3) is 1.32. The van der Waals surface area contributed by atoms with Crippen molar-refractivity contribution in [3.05, 3.63) is 63.4 Å². The fraction of sp³-hybridized carbons (Fsp3) is 0. The average Bonchev–Trinajstić information content (AvgIpc) is 2.84. The summed E-state index contributed by atoms with van der Waals surface area (Å²) in [6.45, 7) is 0. The zero-order valence-corrected chi connectivity index (χ0v) is 11.0. The maximum absolute atomic E-state index is 12.7. The minimum Gasteiger partial charge on any atom is -0.331 e. The van der Waals surface area contributed by atoms with E-state index in [-0.39, 0.29) is 11.6 Å². The summed E-state index contributed by atoms with van der Waals surface area (Å²) in [5, 5.41) is 0. The number of H-pyrrole nitrogens is 2. The van der Waals surface area contributed by atoms with Crippen LogP contribution in [-0.4, -0.2) is 21.5 Å². The molecule has 4 nitrogen and oxygen atoms in total. The largest absolute Gasteiger partial charge is 0.331 e. The summed E-state index contributed by atoms with van der Waals surface area (Å²) < 4.78 is 0.438. The second-order valence-electron chi connectivity index (χ2n) is 4.69. The number of hydrogen-bond acceptors (Lipinski definition) is 3. The third-order valence-corrected chi connectivity index (χ3v) is 3.78. The van der Waals surface area contributed by atoms with Crippen molar-refractivity contribution in [2.75, 3.05) is 0 Å². The molecular weight excluding hydrogens is 272 g/mol. The molecule has 3 aromatic rings. The van der Waals surface area contributed by atoms with Crippen molar-refractivity contribution in [3.8, 4) is 0 Å². The number of rotatable bonds is 0. The molecule has 0 atom stereocenters. The number of ketones is 2. The van der Waals surface area contributed by atoms with Crippen LogP contribution < -0.4 is 0 Å². The molecule has 0 aliphatic heterocycles. The Morgan fingerprint density at radius 3 is 2.25 bits per heavy atom. The van der Waals surface area contributed by atoms with Crippen LogP contribution in [-0.2, 0) is 0 Å². The monoisotopic (exact) mass is 280 g/mol. The molecule has 4 rings (SSSR count). The van der Waals surface area contributed by atoms with Crippen molar-refractivity contribution in [1.29, 1.82) is 0 Å². The number of benzene rings is 2. The lowest BCUT2D eigenvalue weighted by Crippen LogP contribution is -2.21. The Labute approximate surface area is 118 Å². The first kappa shape index (κ1) is 11.3. The molecule has 0 spiro atoms. The van der Waals surface area contributed by atoms with E-state index in [1.165, 1.54) is 0 Å². The maximum Gasteiger partial charge on any atom is 0.196 e. The number of aromatic amines is 2. The summed E-state index contributed by atoms with van der Waals surface area (Å²) in [6.07, 6.45) is 0. The van der Waals surface area contributed by atoms with Gasteiger partial charge in [-0.1, -0.05) is 24.3 Å². The zero-order valence-electron chi connectivity index (χ0n) is 10.2. The Hall–Kier alpha value is -2.53. The van der Waals surface area contributed by atoms with Crippen LogP contribution in [0.1, 0.15) is 31.8 Å². The van der Waals surface area contributed by atoms with Crippen LogP contribution in [0.2, 0.25) is 0 Å². The van der Waals surface area contributed by atoms with E-state index in [1.54, 1.807) is 36.4 Å². The Morgan fingerprint density at radius 1 is 0.800 bits per heavy atom. The standard InChI is InChI=1S/C15H8N2O2S/c18-13-7-3-1-2-4-8(7)14(19)11-9(13)5-6-10-12(11)17-15(20)16-10/h1-6H,(H2,16,17,20). The van der Waals surface area contributed by atoms with E-state index in [1.807, 2.05) is 0 Å². The summed E-state index contributed by atoms with van der Waals surface area (Å²) in [5.74, 6) is -0.274. The summed E-state index contributed by atoms with van der Waals surface area (Å²) in [6, 6.07) is 10.3. The highest BCUT2D eigenvalue weighted by Crippen LogP contribution is 2.31. The molecule has 1 heterocycles. The second-order valence-corrected chi connectivity index (χ2v) is 5.10. The molecule has 2 N–H and O–H groups in total. The van der Waals surface area contributed by atoms with E-state index >= 15 is 0 Å². The van der Waals surface area contributed by atoms with Gasteiger partial charge in [-0.15, -0.1) is 0 Å². The van der Waals surface area contributed by atoms with Crippen molar-refractivity contribution in [2.45, 2.75) is 0 Å². The molecular formula is C15H8N2O2S. The fourth-order valence-corrected chi connectivity index (χ4v) is 2.90. The summed E-state index contributed by atoms with van der Waals surface area (Å²) >= 11 is 5.06. The molecule has 20 heavy (non-hydrogen) atoms. The van der Waals surface area contributed by atoms with Gasteiger partial charge in [0.15, 0.2) is 16.3 Å². The highest BCUT2D eigenvalue weighted by atomic mass is 32.1. The Balaban J connectivity index is 2.16. The summed E-state index contributed by atoms with van der Waals surface area (Å²) in [5.41, 5.74) is 3.05. The van der Waals surface area contributed by atoms with E-state index in [4.69, 9.17) is 12.2 Å². The van der Waals surface area contributed by atoms with Gasteiger partial charge in [-0.05, 0) is 24.4 Å². The first-order valence-corrected chi connectivity index (χ1v) is 6.51. The van der Waals surface area contributed by atoms with Crippen molar-refractivity contribution in [3.63, 3.8) is 0 Å². The van der Waals surface area contributed by atoms with Crippen molar-refractivity contribution in [2.24, 2.45) is 0 Å². The smallest absolute Gasteiger partial charge is 0.196 e. The van der Waals surface area contributed by atoms with Crippen LogP contribution in [0, 0.1) is 4.77 Å². The first-order chi connectivity index (χ1) is 9.66. The quantitative estimate of drug-likeness (QED) is 0.487. The SMILES string of the molecule is O=C1c2ccccc2C(=O)c2c1ccc1[nH]c(=S)[nH]c21. The predicted molar refractivity (Wildman–Crippen MR) is 76.8 cm³/mol. The Morgan fingerprint density at radius 2 is 1.50 bits per heavy atom. The molecule has 1 aliphatic carbocycles. The van der Waals surface area contributed by atoms with Gasteiger partial charge in [0.25, 0.3) is 0 Å². The summed E-state index contributed by atoms with van der Waals surface area (Å²) in [7, 11) is 0. The topological polar surface area (TPSA) is 65.7 Å². The van der Waals surface area contributed by atoms with E-state index in [2.05, 4.69) is 9.97 Å². The third-order valence-electron chi connectivity index (χ3n) is 3.58. The molecule has 1 aliphatic rings. The Bertz CT molecular complexity index is 965. The van der Waals surface area contributed by atoms with Gasteiger partial charge in [-0.25, -0.2) is 0 Å². The van der Waals surface area contributed by atoms with Gasteiger partial charge in [0, 0.05) is 16.7 Å². The van der Waals surface area contributed by atoms with Crippen molar-refractivity contribution >= 4 is 34.8 Å². The maximum atomic E-state index is 12.7. The minimum absolute atomic E-state index is 0.127. The van der Waals surface area contributed by atoms with E-state index < -0.39 is 0 Å². The Kier molecular flexibility index (Phi) is 2.11. The van der Waals surface area contributed by atoms with E-state index in [0.29, 0.717) is 32.5 Å². The number of carbonyl (C=O) groups excluding carboxylic acids is 2. The van der Waals surface area contributed by atoms with E-state index in [0.717, 1.165) is 5.52 Å².